The van der Waals surface area contributed by atoms with Crippen LogP contribution in [-0.2, 0) is 16.1 Å². The molecule has 1 aromatic heterocycles. The molecule has 1 heterocycles. The molecule has 5 heteroatoms. The van der Waals surface area contributed by atoms with E-state index in [0.717, 1.165) is 5.56 Å². The molecule has 0 radical (unpaired) electrons. The summed E-state index contributed by atoms with van der Waals surface area (Å²) in [7, 11) is 0. The van der Waals surface area contributed by atoms with Gasteiger partial charge in [0.15, 0.2) is 0 Å². The highest BCUT2D eigenvalue weighted by atomic mass is 16.5. The number of nitriles is 1. The molecule has 0 amide bonds. The van der Waals surface area contributed by atoms with Crippen LogP contribution in [-0.4, -0.2) is 17.1 Å². The Balaban J connectivity index is 2.70. The third-order valence-corrected chi connectivity index (χ3v) is 3.02. The van der Waals surface area contributed by atoms with E-state index in [2.05, 4.69) is 0 Å². The minimum absolute atomic E-state index is 0.0207. The smallest absolute Gasteiger partial charge is 0.325 e. The monoisotopic (exact) mass is 270 g/mol. The van der Waals surface area contributed by atoms with Crippen LogP contribution in [0.3, 0.4) is 0 Å². The van der Waals surface area contributed by atoms with Crippen molar-refractivity contribution in [2.24, 2.45) is 0 Å². The number of nitrogens with zero attached hydrogens (tertiary/aromatic N) is 2. The minimum atomic E-state index is -0.399. The van der Waals surface area contributed by atoms with E-state index in [1.54, 1.807) is 23.6 Å². The first-order valence-electron chi connectivity index (χ1n) is 6.27. The molecule has 1 aromatic carbocycles. The molecular weight excluding hydrogens is 256 g/mol. The fourth-order valence-electron chi connectivity index (χ4n) is 2.20. The second-order valence-electron chi connectivity index (χ2n) is 4.39. The third-order valence-electron chi connectivity index (χ3n) is 3.02. The van der Waals surface area contributed by atoms with Crippen LogP contribution in [0.1, 0.15) is 18.1 Å². The van der Waals surface area contributed by atoms with Crippen molar-refractivity contribution >= 4 is 16.9 Å². The summed E-state index contributed by atoms with van der Waals surface area (Å²) in [6.07, 6.45) is 1.41. The fraction of sp³-hybridized carbons (Fsp3) is 0.267. The van der Waals surface area contributed by atoms with Crippen LogP contribution in [0, 0.1) is 18.3 Å². The van der Waals surface area contributed by atoms with Crippen molar-refractivity contribution in [2.45, 2.75) is 20.4 Å². The van der Waals surface area contributed by atoms with Crippen LogP contribution in [0.2, 0.25) is 0 Å². The Morgan fingerprint density at radius 1 is 1.45 bits per heavy atom. The van der Waals surface area contributed by atoms with Gasteiger partial charge in [-0.05, 0) is 25.5 Å². The summed E-state index contributed by atoms with van der Waals surface area (Å²) in [6, 6.07) is 7.14. The molecule has 0 saturated heterocycles. The Morgan fingerprint density at radius 2 is 2.20 bits per heavy atom. The lowest BCUT2D eigenvalue weighted by molar-refractivity contribution is -0.143. The van der Waals surface area contributed by atoms with Crippen LogP contribution in [0.4, 0.5) is 0 Å². The standard InChI is InChI=1S/C15H14N2O3/c1-3-20-13(18)9-17-8-11(7-16)15(19)12-6-4-5-10(2)14(12)17/h4-6,8H,3,9H2,1-2H3. The minimum Gasteiger partial charge on any atom is -0.465 e. The zero-order valence-electron chi connectivity index (χ0n) is 11.3. The first-order valence-corrected chi connectivity index (χ1v) is 6.27. The van der Waals surface area contributed by atoms with Gasteiger partial charge in [-0.25, -0.2) is 0 Å². The maximum absolute atomic E-state index is 12.1. The van der Waals surface area contributed by atoms with Gasteiger partial charge in [-0.3, -0.25) is 9.59 Å². The van der Waals surface area contributed by atoms with Crippen molar-refractivity contribution in [3.63, 3.8) is 0 Å². The van der Waals surface area contributed by atoms with Crippen LogP contribution in [0.15, 0.2) is 29.2 Å². The maximum atomic E-state index is 12.1. The quantitative estimate of drug-likeness (QED) is 0.796. The highest BCUT2D eigenvalue weighted by molar-refractivity contribution is 5.84. The Hall–Kier alpha value is -2.61. The number of esters is 1. The van der Waals surface area contributed by atoms with Gasteiger partial charge in [0.2, 0.25) is 5.43 Å². The van der Waals surface area contributed by atoms with Crippen molar-refractivity contribution in [2.75, 3.05) is 6.61 Å². The first kappa shape index (κ1) is 13.8. The lowest BCUT2D eigenvalue weighted by atomic mass is 10.1. The molecule has 2 aromatic rings. The van der Waals surface area contributed by atoms with E-state index >= 15 is 0 Å². The van der Waals surface area contributed by atoms with Crippen LogP contribution in [0.25, 0.3) is 10.9 Å². The van der Waals surface area contributed by atoms with E-state index in [4.69, 9.17) is 10.00 Å². The van der Waals surface area contributed by atoms with Crippen molar-refractivity contribution < 1.29 is 9.53 Å². The Labute approximate surface area is 116 Å². The molecule has 0 aliphatic heterocycles. The molecule has 0 atom stereocenters. The van der Waals surface area contributed by atoms with Crippen molar-refractivity contribution in [1.29, 1.82) is 5.26 Å². The molecule has 5 nitrogen and oxygen atoms in total. The van der Waals surface area contributed by atoms with Gasteiger partial charge in [0.05, 0.1) is 12.1 Å². The van der Waals surface area contributed by atoms with Gasteiger partial charge in [0.25, 0.3) is 0 Å². The molecule has 0 saturated carbocycles. The number of carbonyl (C=O) groups excluding carboxylic acids is 1. The van der Waals surface area contributed by atoms with E-state index < -0.39 is 5.97 Å². The summed E-state index contributed by atoms with van der Waals surface area (Å²) in [4.78, 5) is 23.8. The number of para-hydroxylation sites is 1. The molecule has 0 unspecified atom stereocenters. The SMILES string of the molecule is CCOC(=O)Cn1cc(C#N)c(=O)c2cccc(C)c21. The van der Waals surface area contributed by atoms with Gasteiger partial charge in [-0.2, -0.15) is 5.26 Å². The average Bonchev–Trinajstić information content (AvgIpc) is 2.42. The van der Waals surface area contributed by atoms with Gasteiger partial charge >= 0.3 is 5.97 Å². The number of aryl methyl sites for hydroxylation is 1. The number of ether oxygens (including phenoxy) is 1. The molecule has 20 heavy (non-hydrogen) atoms. The Bertz CT molecular complexity index is 769. The lowest BCUT2D eigenvalue weighted by Crippen LogP contribution is -2.19. The summed E-state index contributed by atoms with van der Waals surface area (Å²) >= 11 is 0. The summed E-state index contributed by atoms with van der Waals surface area (Å²) in [5.41, 5.74) is 1.23. The summed E-state index contributed by atoms with van der Waals surface area (Å²) < 4.78 is 6.52. The van der Waals surface area contributed by atoms with E-state index in [9.17, 15) is 9.59 Å². The lowest BCUT2D eigenvalue weighted by Gasteiger charge is -2.12. The molecule has 0 spiro atoms. The number of rotatable bonds is 3. The number of fused-ring (bicyclic) bond motifs is 1. The predicted octanol–water partition coefficient (Wildman–Crippen LogP) is 1.74. The number of aromatic nitrogens is 1. The second-order valence-corrected chi connectivity index (χ2v) is 4.39. The Morgan fingerprint density at radius 3 is 2.85 bits per heavy atom. The average molecular weight is 270 g/mol. The number of carbonyl (C=O) groups is 1. The predicted molar refractivity (Wildman–Crippen MR) is 74.3 cm³/mol. The van der Waals surface area contributed by atoms with E-state index in [-0.39, 0.29) is 17.5 Å². The van der Waals surface area contributed by atoms with Crippen molar-refractivity contribution in [3.8, 4) is 6.07 Å². The number of hydrogen-bond donors (Lipinski definition) is 0. The summed E-state index contributed by atoms with van der Waals surface area (Å²) in [5, 5.41) is 9.47. The number of benzene rings is 1. The van der Waals surface area contributed by atoms with Crippen LogP contribution >= 0.6 is 0 Å². The maximum Gasteiger partial charge on any atom is 0.325 e. The zero-order valence-corrected chi connectivity index (χ0v) is 11.3. The molecule has 0 aliphatic carbocycles. The van der Waals surface area contributed by atoms with Gasteiger partial charge in [-0.15, -0.1) is 0 Å². The van der Waals surface area contributed by atoms with E-state index in [1.165, 1.54) is 6.20 Å². The largest absolute Gasteiger partial charge is 0.465 e. The summed E-state index contributed by atoms with van der Waals surface area (Å²) in [5.74, 6) is -0.399. The van der Waals surface area contributed by atoms with Crippen molar-refractivity contribution in [1.82, 2.24) is 4.57 Å². The van der Waals surface area contributed by atoms with Gasteiger partial charge in [-0.1, -0.05) is 12.1 Å². The molecular formula is C15H14N2O3. The highest BCUT2D eigenvalue weighted by Crippen LogP contribution is 2.16. The Kier molecular flexibility index (Phi) is 3.85. The van der Waals surface area contributed by atoms with Gasteiger partial charge in [0.1, 0.15) is 18.2 Å². The molecule has 102 valence electrons. The number of hydrogen-bond acceptors (Lipinski definition) is 4. The first-order chi connectivity index (χ1) is 9.58. The molecule has 0 N–H and O–H groups in total. The van der Waals surface area contributed by atoms with Crippen molar-refractivity contribution in [3.05, 3.63) is 45.7 Å². The van der Waals surface area contributed by atoms with Gasteiger partial charge < -0.3 is 9.30 Å². The zero-order chi connectivity index (χ0) is 14.7. The molecule has 0 fully saturated rings. The second kappa shape index (κ2) is 5.57. The highest BCUT2D eigenvalue weighted by Gasteiger charge is 2.13. The van der Waals surface area contributed by atoms with Gasteiger partial charge in [0, 0.05) is 11.6 Å². The fourth-order valence-corrected chi connectivity index (χ4v) is 2.20. The third kappa shape index (κ3) is 2.41. The topological polar surface area (TPSA) is 72.1 Å². The number of pyridine rings is 1. The molecule has 0 aliphatic rings. The normalized spacial score (nSPS) is 10.2. The van der Waals surface area contributed by atoms with E-state index in [1.807, 2.05) is 19.1 Å². The van der Waals surface area contributed by atoms with Crippen LogP contribution in [0.5, 0.6) is 0 Å². The summed E-state index contributed by atoms with van der Waals surface area (Å²) in [6.45, 7) is 3.86. The molecule has 0 bridgehead atoms. The van der Waals surface area contributed by atoms with E-state index in [0.29, 0.717) is 17.5 Å². The van der Waals surface area contributed by atoms with Crippen LogP contribution < -0.4 is 5.43 Å². The molecule has 2 rings (SSSR count).